The van der Waals surface area contributed by atoms with Crippen molar-refractivity contribution in [2.24, 2.45) is 5.41 Å². The molecular formula is C12H22O2. The zero-order valence-electron chi connectivity index (χ0n) is 9.64. The number of hydrogen-bond donors (Lipinski definition) is 0. The summed E-state index contributed by atoms with van der Waals surface area (Å²) in [5.41, 5.74) is 0.414. The molecule has 0 aromatic rings. The van der Waals surface area contributed by atoms with Crippen LogP contribution in [-0.2, 0) is 9.53 Å². The molecule has 14 heavy (non-hydrogen) atoms. The molecule has 0 aromatic carbocycles. The molecule has 2 heteroatoms. The fourth-order valence-electron chi connectivity index (χ4n) is 1.17. The van der Waals surface area contributed by atoms with Gasteiger partial charge in [-0.3, -0.25) is 0 Å². The molecule has 0 heterocycles. The fourth-order valence-corrected chi connectivity index (χ4v) is 1.17. The van der Waals surface area contributed by atoms with E-state index < -0.39 is 0 Å². The van der Waals surface area contributed by atoms with Crippen LogP contribution in [0, 0.1) is 5.41 Å². The summed E-state index contributed by atoms with van der Waals surface area (Å²) in [4.78, 5) is 10.7. The minimum absolute atomic E-state index is 0.319. The molecular weight excluding hydrogens is 176 g/mol. The van der Waals surface area contributed by atoms with E-state index in [9.17, 15) is 4.79 Å². The first-order valence-electron chi connectivity index (χ1n) is 5.25. The Kier molecular flexibility index (Phi) is 6.26. The Morgan fingerprint density at radius 2 is 1.93 bits per heavy atom. The van der Waals surface area contributed by atoms with Gasteiger partial charge in [-0.15, -0.1) is 0 Å². The van der Waals surface area contributed by atoms with Crippen LogP contribution in [0.2, 0.25) is 0 Å². The molecule has 82 valence electrons. The van der Waals surface area contributed by atoms with Gasteiger partial charge >= 0.3 is 5.97 Å². The minimum Gasteiger partial charge on any atom is -0.463 e. The van der Waals surface area contributed by atoms with Gasteiger partial charge in [0.05, 0.1) is 6.61 Å². The van der Waals surface area contributed by atoms with Gasteiger partial charge in [-0.25, -0.2) is 4.79 Å². The maximum atomic E-state index is 10.7. The lowest BCUT2D eigenvalue weighted by Gasteiger charge is -2.17. The van der Waals surface area contributed by atoms with Crippen molar-refractivity contribution in [3.05, 3.63) is 12.7 Å². The number of ether oxygens (including phenoxy) is 1. The molecule has 0 rings (SSSR count). The highest BCUT2D eigenvalue weighted by Crippen LogP contribution is 2.21. The van der Waals surface area contributed by atoms with Crippen LogP contribution < -0.4 is 0 Å². The van der Waals surface area contributed by atoms with Crippen LogP contribution in [0.25, 0.3) is 0 Å². The molecule has 0 radical (unpaired) electrons. The SMILES string of the molecule is C=CC(=O)OCCCCCC(C)(C)C. The van der Waals surface area contributed by atoms with E-state index in [0.717, 1.165) is 12.8 Å². The second-order valence-corrected chi connectivity index (χ2v) is 4.74. The molecule has 0 spiro atoms. The summed E-state index contributed by atoms with van der Waals surface area (Å²) in [5, 5.41) is 0. The van der Waals surface area contributed by atoms with Gasteiger partial charge in [0, 0.05) is 6.08 Å². The van der Waals surface area contributed by atoms with Crippen molar-refractivity contribution in [1.82, 2.24) is 0 Å². The normalized spacial score (nSPS) is 11.1. The number of carbonyl (C=O) groups is 1. The highest BCUT2D eigenvalue weighted by molar-refractivity contribution is 5.81. The van der Waals surface area contributed by atoms with Crippen LogP contribution in [0.4, 0.5) is 0 Å². The van der Waals surface area contributed by atoms with Crippen LogP contribution in [0.15, 0.2) is 12.7 Å². The second kappa shape index (κ2) is 6.63. The van der Waals surface area contributed by atoms with Gasteiger partial charge in [0.1, 0.15) is 0 Å². The van der Waals surface area contributed by atoms with Gasteiger partial charge in [0.15, 0.2) is 0 Å². The van der Waals surface area contributed by atoms with Gasteiger partial charge in [-0.2, -0.15) is 0 Å². The van der Waals surface area contributed by atoms with Crippen molar-refractivity contribution in [1.29, 1.82) is 0 Å². The summed E-state index contributed by atoms with van der Waals surface area (Å²) in [7, 11) is 0. The number of hydrogen-bond acceptors (Lipinski definition) is 2. The second-order valence-electron chi connectivity index (χ2n) is 4.74. The quantitative estimate of drug-likeness (QED) is 0.372. The zero-order chi connectivity index (χ0) is 11.0. The van der Waals surface area contributed by atoms with E-state index in [1.54, 1.807) is 0 Å². The first-order valence-corrected chi connectivity index (χ1v) is 5.25. The van der Waals surface area contributed by atoms with Crippen molar-refractivity contribution < 1.29 is 9.53 Å². The van der Waals surface area contributed by atoms with E-state index in [-0.39, 0.29) is 5.97 Å². The molecule has 0 aliphatic carbocycles. The van der Waals surface area contributed by atoms with E-state index in [1.807, 2.05) is 0 Å². The maximum Gasteiger partial charge on any atom is 0.330 e. The fraction of sp³-hybridized carbons (Fsp3) is 0.750. The van der Waals surface area contributed by atoms with E-state index in [4.69, 9.17) is 4.74 Å². The third-order valence-corrected chi connectivity index (χ3v) is 1.98. The highest BCUT2D eigenvalue weighted by atomic mass is 16.5. The smallest absolute Gasteiger partial charge is 0.330 e. The maximum absolute atomic E-state index is 10.7. The summed E-state index contributed by atoms with van der Waals surface area (Å²) in [6.45, 7) is 10.6. The average molecular weight is 198 g/mol. The number of esters is 1. The summed E-state index contributed by atoms with van der Waals surface area (Å²) in [6, 6.07) is 0. The topological polar surface area (TPSA) is 26.3 Å². The van der Waals surface area contributed by atoms with E-state index in [0.29, 0.717) is 12.0 Å². The Labute approximate surface area is 87.3 Å². The highest BCUT2D eigenvalue weighted by Gasteiger charge is 2.08. The Balaban J connectivity index is 3.22. The van der Waals surface area contributed by atoms with Crippen LogP contribution in [-0.4, -0.2) is 12.6 Å². The van der Waals surface area contributed by atoms with Crippen molar-refractivity contribution in [2.45, 2.75) is 46.5 Å². The predicted octanol–water partition coefficient (Wildman–Crippen LogP) is 3.32. The standard InChI is InChI=1S/C12H22O2/c1-5-11(13)14-10-8-6-7-9-12(2,3)4/h5H,1,6-10H2,2-4H3. The molecule has 0 aliphatic heterocycles. The molecule has 0 aliphatic rings. The largest absolute Gasteiger partial charge is 0.463 e. The molecule has 0 saturated carbocycles. The minimum atomic E-state index is -0.319. The van der Waals surface area contributed by atoms with Gasteiger partial charge in [-0.1, -0.05) is 40.2 Å². The Morgan fingerprint density at radius 3 is 2.43 bits per heavy atom. The summed E-state index contributed by atoms with van der Waals surface area (Å²) < 4.78 is 4.87. The summed E-state index contributed by atoms with van der Waals surface area (Å²) >= 11 is 0. The monoisotopic (exact) mass is 198 g/mol. The molecule has 0 bridgehead atoms. The lowest BCUT2D eigenvalue weighted by Crippen LogP contribution is -2.05. The Hall–Kier alpha value is -0.790. The average Bonchev–Trinajstić information content (AvgIpc) is 2.08. The first-order chi connectivity index (χ1) is 6.45. The molecule has 0 N–H and O–H groups in total. The molecule has 0 amide bonds. The van der Waals surface area contributed by atoms with Gasteiger partial charge < -0.3 is 4.74 Å². The van der Waals surface area contributed by atoms with E-state index >= 15 is 0 Å². The van der Waals surface area contributed by atoms with Crippen molar-refractivity contribution in [3.63, 3.8) is 0 Å². The molecule has 0 fully saturated rings. The van der Waals surface area contributed by atoms with Crippen LogP contribution in [0.5, 0.6) is 0 Å². The number of rotatable bonds is 6. The Bertz CT molecular complexity index is 177. The first kappa shape index (κ1) is 13.2. The van der Waals surface area contributed by atoms with Crippen LogP contribution >= 0.6 is 0 Å². The zero-order valence-corrected chi connectivity index (χ0v) is 9.64. The van der Waals surface area contributed by atoms with Gasteiger partial charge in [0.2, 0.25) is 0 Å². The van der Waals surface area contributed by atoms with E-state index in [2.05, 4.69) is 27.4 Å². The number of carbonyl (C=O) groups excluding carboxylic acids is 1. The summed E-state index contributed by atoms with van der Waals surface area (Å²) in [5.74, 6) is -0.319. The molecule has 0 saturated heterocycles. The van der Waals surface area contributed by atoms with E-state index in [1.165, 1.54) is 18.9 Å². The van der Waals surface area contributed by atoms with Crippen molar-refractivity contribution in [2.75, 3.05) is 6.61 Å². The number of unbranched alkanes of at least 4 members (excludes halogenated alkanes) is 2. The summed E-state index contributed by atoms with van der Waals surface area (Å²) in [6.07, 6.45) is 5.71. The van der Waals surface area contributed by atoms with Gasteiger partial charge in [-0.05, 0) is 18.3 Å². The van der Waals surface area contributed by atoms with Crippen LogP contribution in [0.1, 0.15) is 46.5 Å². The molecule has 0 atom stereocenters. The van der Waals surface area contributed by atoms with Gasteiger partial charge in [0.25, 0.3) is 0 Å². The third kappa shape index (κ3) is 9.30. The molecule has 0 aromatic heterocycles. The van der Waals surface area contributed by atoms with Crippen LogP contribution in [0.3, 0.4) is 0 Å². The Morgan fingerprint density at radius 1 is 1.29 bits per heavy atom. The van der Waals surface area contributed by atoms with Crippen molar-refractivity contribution >= 4 is 5.97 Å². The lowest BCUT2D eigenvalue weighted by molar-refractivity contribution is -0.137. The lowest BCUT2D eigenvalue weighted by atomic mass is 9.89. The predicted molar refractivity (Wildman–Crippen MR) is 59.1 cm³/mol. The third-order valence-electron chi connectivity index (χ3n) is 1.98. The molecule has 0 unspecified atom stereocenters. The van der Waals surface area contributed by atoms with Crippen molar-refractivity contribution in [3.8, 4) is 0 Å². The molecule has 2 nitrogen and oxygen atoms in total.